The average molecular weight is 339 g/mol. The fourth-order valence-electron chi connectivity index (χ4n) is 3.65. The normalized spacial score (nSPS) is 20.0. The van der Waals surface area contributed by atoms with E-state index >= 15 is 0 Å². The van der Waals surface area contributed by atoms with Crippen LogP contribution in [-0.4, -0.2) is 56.2 Å². The monoisotopic (exact) mass is 339 g/mol. The van der Waals surface area contributed by atoms with Crippen LogP contribution in [-0.2, 0) is 9.53 Å². The van der Waals surface area contributed by atoms with Crippen molar-refractivity contribution in [3.05, 3.63) is 0 Å². The number of piperidine rings is 1. The molecule has 1 saturated carbocycles. The Morgan fingerprint density at radius 3 is 2.46 bits per heavy atom. The molecule has 0 atom stereocenters. The Labute approximate surface area is 145 Å². The van der Waals surface area contributed by atoms with Gasteiger partial charge in [-0.3, -0.25) is 4.79 Å². The van der Waals surface area contributed by atoms with Crippen molar-refractivity contribution in [1.82, 2.24) is 15.5 Å². The number of rotatable bonds is 7. The van der Waals surface area contributed by atoms with E-state index in [4.69, 9.17) is 4.74 Å². The molecule has 1 heterocycles. The Balaban J connectivity index is 1.58. The zero-order valence-electron chi connectivity index (χ0n) is 15.0. The number of nitrogens with zero attached hydrogens (tertiary/aromatic N) is 1. The summed E-state index contributed by atoms with van der Waals surface area (Å²) in [5.41, 5.74) is 0. The van der Waals surface area contributed by atoms with Gasteiger partial charge in [0, 0.05) is 39.2 Å². The van der Waals surface area contributed by atoms with E-state index in [-0.39, 0.29) is 11.9 Å². The van der Waals surface area contributed by atoms with Gasteiger partial charge < -0.3 is 20.3 Å². The molecule has 2 aliphatic rings. The van der Waals surface area contributed by atoms with Crippen LogP contribution in [0.4, 0.5) is 4.79 Å². The van der Waals surface area contributed by atoms with Crippen molar-refractivity contribution < 1.29 is 14.3 Å². The van der Waals surface area contributed by atoms with Gasteiger partial charge in [-0.15, -0.1) is 0 Å². The Morgan fingerprint density at radius 2 is 1.79 bits per heavy atom. The lowest BCUT2D eigenvalue weighted by Gasteiger charge is -2.34. The first kappa shape index (κ1) is 19.0. The summed E-state index contributed by atoms with van der Waals surface area (Å²) in [7, 11) is 1.63. The first-order valence-electron chi connectivity index (χ1n) is 9.50. The summed E-state index contributed by atoms with van der Waals surface area (Å²) >= 11 is 0. The minimum atomic E-state index is 0.101. The maximum absolute atomic E-state index is 12.3. The number of carbonyl (C=O) groups is 2. The van der Waals surface area contributed by atoms with E-state index in [1.54, 1.807) is 7.11 Å². The molecule has 6 heteroatoms. The number of hydrogen-bond acceptors (Lipinski definition) is 3. The highest BCUT2D eigenvalue weighted by Crippen LogP contribution is 2.23. The van der Waals surface area contributed by atoms with Crippen LogP contribution in [0.1, 0.15) is 57.8 Å². The highest BCUT2D eigenvalue weighted by molar-refractivity contribution is 5.76. The first-order chi connectivity index (χ1) is 11.7. The van der Waals surface area contributed by atoms with Gasteiger partial charge in [-0.05, 0) is 38.0 Å². The van der Waals surface area contributed by atoms with Crippen LogP contribution < -0.4 is 10.6 Å². The quantitative estimate of drug-likeness (QED) is 0.699. The highest BCUT2D eigenvalue weighted by Gasteiger charge is 2.25. The number of amides is 3. The number of hydrogen-bond donors (Lipinski definition) is 2. The molecule has 0 aromatic rings. The van der Waals surface area contributed by atoms with E-state index in [0.717, 1.165) is 45.2 Å². The number of methoxy groups -OCH3 is 1. The Kier molecular flexibility index (Phi) is 8.36. The van der Waals surface area contributed by atoms with Crippen molar-refractivity contribution in [2.45, 2.75) is 63.8 Å². The first-order valence-corrected chi connectivity index (χ1v) is 9.50. The zero-order chi connectivity index (χ0) is 17.2. The second-order valence-corrected chi connectivity index (χ2v) is 7.10. The topological polar surface area (TPSA) is 70.7 Å². The zero-order valence-corrected chi connectivity index (χ0v) is 15.0. The lowest BCUT2D eigenvalue weighted by Crippen LogP contribution is -2.48. The highest BCUT2D eigenvalue weighted by atomic mass is 16.5. The van der Waals surface area contributed by atoms with Crippen molar-refractivity contribution in [1.29, 1.82) is 0 Å². The fraction of sp³-hybridized carbons (Fsp3) is 0.889. The Morgan fingerprint density at radius 1 is 1.08 bits per heavy atom. The molecular weight excluding hydrogens is 306 g/mol. The van der Waals surface area contributed by atoms with Crippen molar-refractivity contribution in [2.75, 3.05) is 33.4 Å². The second kappa shape index (κ2) is 10.5. The lowest BCUT2D eigenvalue weighted by atomic mass is 9.92. The largest absolute Gasteiger partial charge is 0.383 e. The Bertz CT molecular complexity index is 389. The average Bonchev–Trinajstić information content (AvgIpc) is 2.61. The van der Waals surface area contributed by atoms with E-state index in [9.17, 15) is 9.59 Å². The van der Waals surface area contributed by atoms with Crippen LogP contribution in [0.15, 0.2) is 0 Å². The van der Waals surface area contributed by atoms with Crippen LogP contribution in [0, 0.1) is 5.92 Å². The van der Waals surface area contributed by atoms with Gasteiger partial charge in [0.2, 0.25) is 5.91 Å². The summed E-state index contributed by atoms with van der Waals surface area (Å²) in [5, 5.41) is 6.05. The summed E-state index contributed by atoms with van der Waals surface area (Å²) in [6, 6.07) is 0.484. The van der Waals surface area contributed by atoms with Gasteiger partial charge in [0.15, 0.2) is 0 Å². The van der Waals surface area contributed by atoms with E-state index in [1.165, 1.54) is 19.3 Å². The number of nitrogens with one attached hydrogen (secondary N) is 2. The maximum atomic E-state index is 12.3. The molecule has 1 aliphatic carbocycles. The Hall–Kier alpha value is -1.30. The second-order valence-electron chi connectivity index (χ2n) is 7.10. The van der Waals surface area contributed by atoms with Gasteiger partial charge in [-0.1, -0.05) is 19.3 Å². The van der Waals surface area contributed by atoms with E-state index in [1.807, 2.05) is 4.90 Å². The predicted molar refractivity (Wildman–Crippen MR) is 93.8 cm³/mol. The molecule has 1 saturated heterocycles. The molecule has 2 rings (SSSR count). The van der Waals surface area contributed by atoms with Crippen LogP contribution in [0.2, 0.25) is 0 Å². The third kappa shape index (κ3) is 6.67. The molecule has 0 bridgehead atoms. The van der Waals surface area contributed by atoms with E-state index in [2.05, 4.69) is 10.6 Å². The van der Waals surface area contributed by atoms with Gasteiger partial charge >= 0.3 is 6.03 Å². The third-order valence-electron chi connectivity index (χ3n) is 5.24. The molecule has 0 radical (unpaired) electrons. The number of urea groups is 1. The molecule has 0 aromatic carbocycles. The fourth-order valence-corrected chi connectivity index (χ4v) is 3.65. The molecule has 1 aliphatic heterocycles. The lowest BCUT2D eigenvalue weighted by molar-refractivity contribution is -0.121. The molecule has 0 aromatic heterocycles. The van der Waals surface area contributed by atoms with Gasteiger partial charge in [0.1, 0.15) is 0 Å². The summed E-state index contributed by atoms with van der Waals surface area (Å²) in [4.78, 5) is 26.0. The molecule has 3 amide bonds. The van der Waals surface area contributed by atoms with Gasteiger partial charge in [0.05, 0.1) is 6.61 Å². The molecule has 2 fully saturated rings. The summed E-state index contributed by atoms with van der Waals surface area (Å²) in [5.74, 6) is 0.654. The summed E-state index contributed by atoms with van der Waals surface area (Å²) in [6.45, 7) is 2.76. The van der Waals surface area contributed by atoms with Crippen molar-refractivity contribution >= 4 is 11.9 Å². The molecular formula is C18H33N3O3. The maximum Gasteiger partial charge on any atom is 0.317 e. The molecule has 0 unspecified atom stereocenters. The third-order valence-corrected chi connectivity index (χ3v) is 5.24. The SMILES string of the molecule is COCCNC(=O)CCC1CCN(C(=O)NC2CCCCC2)CC1. The molecule has 138 valence electrons. The van der Waals surface area contributed by atoms with Gasteiger partial charge in [-0.2, -0.15) is 0 Å². The molecule has 2 N–H and O–H groups in total. The standard InChI is InChI=1S/C18H33N3O3/c1-24-14-11-19-17(22)8-7-15-9-12-21(13-10-15)18(23)20-16-5-3-2-4-6-16/h15-16H,2-14H2,1H3,(H,19,22)(H,20,23). The smallest absolute Gasteiger partial charge is 0.317 e. The minimum Gasteiger partial charge on any atom is -0.383 e. The van der Waals surface area contributed by atoms with Crippen molar-refractivity contribution in [2.24, 2.45) is 5.92 Å². The van der Waals surface area contributed by atoms with Crippen molar-refractivity contribution in [3.8, 4) is 0 Å². The summed E-state index contributed by atoms with van der Waals surface area (Å²) in [6.07, 6.45) is 9.52. The van der Waals surface area contributed by atoms with Crippen LogP contribution >= 0.6 is 0 Å². The number of likely N-dealkylation sites (tertiary alicyclic amines) is 1. The molecule has 0 spiro atoms. The van der Waals surface area contributed by atoms with Crippen molar-refractivity contribution in [3.63, 3.8) is 0 Å². The molecule has 24 heavy (non-hydrogen) atoms. The van der Waals surface area contributed by atoms with Gasteiger partial charge in [0.25, 0.3) is 0 Å². The molecule has 6 nitrogen and oxygen atoms in total. The minimum absolute atomic E-state index is 0.101. The van der Waals surface area contributed by atoms with Crippen LogP contribution in [0.25, 0.3) is 0 Å². The predicted octanol–water partition coefficient (Wildman–Crippen LogP) is 2.28. The summed E-state index contributed by atoms with van der Waals surface area (Å²) < 4.78 is 4.92. The number of carbonyl (C=O) groups excluding carboxylic acids is 2. The van der Waals surface area contributed by atoms with E-state index in [0.29, 0.717) is 31.5 Å². The van der Waals surface area contributed by atoms with Gasteiger partial charge in [-0.25, -0.2) is 4.79 Å². The number of ether oxygens (including phenoxy) is 1. The van der Waals surface area contributed by atoms with Crippen LogP contribution in [0.3, 0.4) is 0 Å². The van der Waals surface area contributed by atoms with Crippen LogP contribution in [0.5, 0.6) is 0 Å². The van der Waals surface area contributed by atoms with E-state index < -0.39 is 0 Å².